The molecule has 7 nitrogen and oxygen atoms in total. The Hall–Kier alpha value is -2.71. The maximum Gasteiger partial charge on any atom is 0.331 e. The summed E-state index contributed by atoms with van der Waals surface area (Å²) in [5, 5.41) is 14.3. The van der Waals surface area contributed by atoms with E-state index in [1.54, 1.807) is 42.5 Å². The number of benzene rings is 2. The van der Waals surface area contributed by atoms with Gasteiger partial charge in [-0.3, -0.25) is 9.59 Å². The SMILES string of the molecule is Cc1cc(Br)ccc1NC(=O)COC(=O)C(CO)NC(=O)c1ccccc1. The molecule has 0 bridgehead atoms. The molecule has 0 heterocycles. The standard InChI is InChI=1S/C19H19BrN2O5/c1-12-9-14(20)7-8-15(12)21-17(24)11-27-19(26)16(10-23)22-18(25)13-5-3-2-4-6-13/h2-9,16,23H,10-11H2,1H3,(H,21,24)(H,22,25). The minimum Gasteiger partial charge on any atom is -0.454 e. The molecule has 0 saturated carbocycles. The summed E-state index contributed by atoms with van der Waals surface area (Å²) in [5.41, 5.74) is 1.77. The Kier molecular flexibility index (Phi) is 7.51. The number of ether oxygens (including phenoxy) is 1. The van der Waals surface area contributed by atoms with Crippen molar-refractivity contribution in [2.75, 3.05) is 18.5 Å². The molecule has 0 saturated heterocycles. The highest BCUT2D eigenvalue weighted by Crippen LogP contribution is 2.19. The second-order valence-corrected chi connectivity index (χ2v) is 6.61. The summed E-state index contributed by atoms with van der Waals surface area (Å²) < 4.78 is 5.77. The van der Waals surface area contributed by atoms with Crippen molar-refractivity contribution in [3.8, 4) is 0 Å². The molecular weight excluding hydrogens is 416 g/mol. The molecule has 2 rings (SSSR count). The third-order valence-electron chi connectivity index (χ3n) is 3.62. The molecule has 2 aromatic rings. The van der Waals surface area contributed by atoms with Crippen LogP contribution in [0.2, 0.25) is 0 Å². The third-order valence-corrected chi connectivity index (χ3v) is 4.11. The second-order valence-electron chi connectivity index (χ2n) is 5.69. The maximum atomic E-state index is 12.0. The lowest BCUT2D eigenvalue weighted by Crippen LogP contribution is -2.45. The van der Waals surface area contributed by atoms with Crippen molar-refractivity contribution < 1.29 is 24.2 Å². The smallest absolute Gasteiger partial charge is 0.331 e. The fraction of sp³-hybridized carbons (Fsp3) is 0.211. The van der Waals surface area contributed by atoms with Crippen LogP contribution >= 0.6 is 15.9 Å². The van der Waals surface area contributed by atoms with Crippen LogP contribution < -0.4 is 10.6 Å². The molecule has 0 spiro atoms. The normalized spacial score (nSPS) is 11.4. The number of nitrogens with one attached hydrogen (secondary N) is 2. The zero-order valence-electron chi connectivity index (χ0n) is 14.6. The lowest BCUT2D eigenvalue weighted by atomic mass is 10.2. The van der Waals surface area contributed by atoms with E-state index in [1.807, 2.05) is 13.0 Å². The number of amides is 2. The predicted octanol–water partition coefficient (Wildman–Crippen LogP) is 2.03. The van der Waals surface area contributed by atoms with Crippen LogP contribution in [0, 0.1) is 6.92 Å². The monoisotopic (exact) mass is 434 g/mol. The molecule has 0 aliphatic carbocycles. The Bertz CT molecular complexity index is 826. The number of aliphatic hydroxyl groups is 1. The van der Waals surface area contributed by atoms with Crippen molar-refractivity contribution in [2.24, 2.45) is 0 Å². The lowest BCUT2D eigenvalue weighted by molar-refractivity contribution is -0.150. The number of hydrogen-bond acceptors (Lipinski definition) is 5. The van der Waals surface area contributed by atoms with Crippen LogP contribution in [0.25, 0.3) is 0 Å². The first-order valence-corrected chi connectivity index (χ1v) is 8.89. The molecule has 1 unspecified atom stereocenters. The highest BCUT2D eigenvalue weighted by molar-refractivity contribution is 9.10. The van der Waals surface area contributed by atoms with Crippen LogP contribution in [-0.4, -0.2) is 42.1 Å². The van der Waals surface area contributed by atoms with Crippen molar-refractivity contribution in [1.29, 1.82) is 0 Å². The maximum absolute atomic E-state index is 12.0. The molecule has 0 radical (unpaired) electrons. The van der Waals surface area contributed by atoms with Gasteiger partial charge in [-0.25, -0.2) is 4.79 Å². The highest BCUT2D eigenvalue weighted by Gasteiger charge is 2.23. The summed E-state index contributed by atoms with van der Waals surface area (Å²) in [6.07, 6.45) is 0. The van der Waals surface area contributed by atoms with Crippen LogP contribution in [0.3, 0.4) is 0 Å². The van der Waals surface area contributed by atoms with Gasteiger partial charge in [0.15, 0.2) is 12.6 Å². The molecule has 0 fully saturated rings. The van der Waals surface area contributed by atoms with Crippen LogP contribution in [-0.2, 0) is 14.3 Å². The van der Waals surface area contributed by atoms with E-state index in [1.165, 1.54) is 0 Å². The first kappa shape index (κ1) is 20.6. The number of carbonyl (C=O) groups excluding carboxylic acids is 3. The van der Waals surface area contributed by atoms with Gasteiger partial charge in [0.2, 0.25) is 0 Å². The number of aliphatic hydroxyl groups excluding tert-OH is 1. The average Bonchev–Trinajstić information content (AvgIpc) is 2.67. The summed E-state index contributed by atoms with van der Waals surface area (Å²) in [5.74, 6) is -1.95. The lowest BCUT2D eigenvalue weighted by Gasteiger charge is -2.15. The van der Waals surface area contributed by atoms with Gasteiger partial charge >= 0.3 is 5.97 Å². The molecule has 0 aromatic heterocycles. The molecule has 2 aromatic carbocycles. The molecule has 8 heteroatoms. The molecule has 3 N–H and O–H groups in total. The molecule has 1 atom stereocenters. The van der Waals surface area contributed by atoms with Crippen LogP contribution in [0.5, 0.6) is 0 Å². The third kappa shape index (κ3) is 6.19. The quantitative estimate of drug-likeness (QED) is 0.578. The van der Waals surface area contributed by atoms with E-state index in [9.17, 15) is 19.5 Å². The summed E-state index contributed by atoms with van der Waals surface area (Å²) in [4.78, 5) is 36.0. The first-order chi connectivity index (χ1) is 12.9. The molecular formula is C19H19BrN2O5. The number of anilines is 1. The Morgan fingerprint density at radius 1 is 1.15 bits per heavy atom. The number of carbonyl (C=O) groups is 3. The zero-order valence-corrected chi connectivity index (χ0v) is 16.2. The Balaban J connectivity index is 1.87. The number of esters is 1. The van der Waals surface area contributed by atoms with E-state index in [4.69, 9.17) is 4.74 Å². The van der Waals surface area contributed by atoms with Crippen molar-refractivity contribution in [3.05, 3.63) is 64.1 Å². The van der Waals surface area contributed by atoms with Gasteiger partial charge in [0.05, 0.1) is 6.61 Å². The minimum absolute atomic E-state index is 0.340. The molecule has 0 aliphatic rings. The van der Waals surface area contributed by atoms with E-state index >= 15 is 0 Å². The average molecular weight is 435 g/mol. The molecule has 27 heavy (non-hydrogen) atoms. The van der Waals surface area contributed by atoms with Crippen molar-refractivity contribution in [2.45, 2.75) is 13.0 Å². The Labute approximate surface area is 164 Å². The van der Waals surface area contributed by atoms with Crippen molar-refractivity contribution >= 4 is 39.4 Å². The van der Waals surface area contributed by atoms with Gasteiger partial charge in [0.25, 0.3) is 11.8 Å². The van der Waals surface area contributed by atoms with Gasteiger partial charge in [0.1, 0.15) is 0 Å². The van der Waals surface area contributed by atoms with Crippen LogP contribution in [0.4, 0.5) is 5.69 Å². The fourth-order valence-electron chi connectivity index (χ4n) is 2.20. The first-order valence-electron chi connectivity index (χ1n) is 8.10. The topological polar surface area (TPSA) is 105 Å². The number of hydrogen-bond donors (Lipinski definition) is 3. The molecule has 0 aliphatic heterocycles. The second kappa shape index (κ2) is 9.84. The largest absolute Gasteiger partial charge is 0.454 e. The van der Waals surface area contributed by atoms with Crippen molar-refractivity contribution in [3.63, 3.8) is 0 Å². The fourth-order valence-corrected chi connectivity index (χ4v) is 2.68. The van der Waals surface area contributed by atoms with Gasteiger partial charge in [-0.05, 0) is 42.8 Å². The van der Waals surface area contributed by atoms with E-state index in [2.05, 4.69) is 26.6 Å². The van der Waals surface area contributed by atoms with Crippen LogP contribution in [0.15, 0.2) is 53.0 Å². The number of rotatable bonds is 7. The summed E-state index contributed by atoms with van der Waals surface area (Å²) in [7, 11) is 0. The minimum atomic E-state index is -1.26. The van der Waals surface area contributed by atoms with Crippen molar-refractivity contribution in [1.82, 2.24) is 5.32 Å². The summed E-state index contributed by atoms with van der Waals surface area (Å²) in [6, 6.07) is 12.3. The predicted molar refractivity (Wildman–Crippen MR) is 103 cm³/mol. The molecule has 142 valence electrons. The Morgan fingerprint density at radius 2 is 1.85 bits per heavy atom. The summed E-state index contributed by atoms with van der Waals surface area (Å²) in [6.45, 7) is 0.643. The number of halogens is 1. The van der Waals surface area contributed by atoms with E-state index in [0.717, 1.165) is 10.0 Å². The van der Waals surface area contributed by atoms with Gasteiger partial charge < -0.3 is 20.5 Å². The van der Waals surface area contributed by atoms with Crippen LogP contribution in [0.1, 0.15) is 15.9 Å². The van der Waals surface area contributed by atoms with Gasteiger partial charge in [-0.1, -0.05) is 34.1 Å². The van der Waals surface area contributed by atoms with Gasteiger partial charge in [0, 0.05) is 15.7 Å². The number of aryl methyl sites for hydroxylation is 1. The van der Waals surface area contributed by atoms with E-state index < -0.39 is 37.0 Å². The van der Waals surface area contributed by atoms with E-state index in [-0.39, 0.29) is 0 Å². The summed E-state index contributed by atoms with van der Waals surface area (Å²) >= 11 is 3.33. The Morgan fingerprint density at radius 3 is 2.48 bits per heavy atom. The highest BCUT2D eigenvalue weighted by atomic mass is 79.9. The molecule has 2 amide bonds. The van der Waals surface area contributed by atoms with Gasteiger partial charge in [-0.15, -0.1) is 0 Å². The zero-order chi connectivity index (χ0) is 19.8. The van der Waals surface area contributed by atoms with E-state index in [0.29, 0.717) is 11.3 Å². The van der Waals surface area contributed by atoms with Gasteiger partial charge in [-0.2, -0.15) is 0 Å².